The minimum atomic E-state index is 0.433. The highest BCUT2D eigenvalue weighted by Crippen LogP contribution is 2.45. The third kappa shape index (κ3) is 4.05. The summed E-state index contributed by atoms with van der Waals surface area (Å²) < 4.78 is 0. The van der Waals surface area contributed by atoms with Crippen LogP contribution in [-0.4, -0.2) is 58.4 Å². The molecule has 156 valence electrons. The van der Waals surface area contributed by atoms with E-state index in [1.807, 2.05) is 10.8 Å². The quantitative estimate of drug-likeness (QED) is 0.350. The molecule has 0 aromatic rings. The van der Waals surface area contributed by atoms with Crippen LogP contribution < -0.4 is 0 Å². The molecule has 4 saturated heterocycles. The molecule has 3 nitrogen and oxygen atoms in total. The van der Waals surface area contributed by atoms with Gasteiger partial charge in [-0.15, -0.1) is 0 Å². The number of hydrogen-bond donors (Lipinski definition) is 0. The molecule has 5 rings (SSSR count). The number of carbonyl (C=O) groups is 1. The maximum atomic E-state index is 13.2. The highest BCUT2D eigenvalue weighted by Gasteiger charge is 2.46. The monoisotopic (exact) mass is 420 g/mol. The van der Waals surface area contributed by atoms with Crippen LogP contribution in [0.3, 0.4) is 0 Å². The lowest BCUT2D eigenvalue weighted by Crippen LogP contribution is -2.60. The van der Waals surface area contributed by atoms with Crippen molar-refractivity contribution in [3.05, 3.63) is 11.6 Å². The molecule has 5 aliphatic rings. The molecule has 1 aliphatic carbocycles. The number of fused-ring (bicyclic) bond motifs is 6. The Bertz CT molecular complexity index is 603. The molecule has 28 heavy (non-hydrogen) atoms. The molecule has 2 bridgehead atoms. The normalized spacial score (nSPS) is 37.9. The topological polar surface area (TPSA) is 23.6 Å². The fourth-order valence-corrected chi connectivity index (χ4v) is 9.64. The van der Waals surface area contributed by atoms with Gasteiger partial charge < -0.3 is 4.90 Å². The third-order valence-corrected chi connectivity index (χ3v) is 10.9. The van der Waals surface area contributed by atoms with Gasteiger partial charge in [0.25, 0.3) is 0 Å². The summed E-state index contributed by atoms with van der Waals surface area (Å²) in [7, 11) is 4.10. The van der Waals surface area contributed by atoms with Crippen molar-refractivity contribution in [3.8, 4) is 0 Å². The first kappa shape index (κ1) is 19.8. The molecule has 0 saturated carbocycles. The molecular formula is C23H36N2OS2. The van der Waals surface area contributed by atoms with Gasteiger partial charge in [-0.05, 0) is 69.7 Å². The van der Waals surface area contributed by atoms with Crippen molar-refractivity contribution in [2.75, 3.05) is 25.4 Å². The number of hydrogen-bond acceptors (Lipinski definition) is 4. The van der Waals surface area contributed by atoms with E-state index in [9.17, 15) is 4.79 Å². The number of likely N-dealkylation sites (tertiary alicyclic amines) is 1. The number of nitrogens with zero attached hydrogens (tertiary/aromatic N) is 2. The van der Waals surface area contributed by atoms with Crippen LogP contribution in [0.2, 0.25) is 0 Å². The van der Waals surface area contributed by atoms with E-state index in [4.69, 9.17) is 0 Å². The van der Waals surface area contributed by atoms with Crippen LogP contribution in [0.25, 0.3) is 0 Å². The minimum absolute atomic E-state index is 0.433. The summed E-state index contributed by atoms with van der Waals surface area (Å²) in [5.74, 6) is 3.22. The largest absolute Gasteiger partial charge is 0.336 e. The van der Waals surface area contributed by atoms with Gasteiger partial charge in [-0.1, -0.05) is 46.1 Å². The Balaban J connectivity index is 1.21. The lowest BCUT2D eigenvalue weighted by Gasteiger charge is -2.54. The fraction of sp³-hybridized carbons (Fsp3) is 0.870. The molecule has 0 radical (unpaired) electrons. The van der Waals surface area contributed by atoms with Crippen molar-refractivity contribution in [3.63, 3.8) is 0 Å². The van der Waals surface area contributed by atoms with Gasteiger partial charge in [-0.3, -0.25) is 9.69 Å². The van der Waals surface area contributed by atoms with Crippen LogP contribution in [0.15, 0.2) is 11.6 Å². The summed E-state index contributed by atoms with van der Waals surface area (Å²) in [5.41, 5.74) is 1.63. The smallest absolute Gasteiger partial charge is 0.223 e. The van der Waals surface area contributed by atoms with Gasteiger partial charge in [0.05, 0.1) is 6.04 Å². The first-order valence-electron chi connectivity index (χ1n) is 11.8. The van der Waals surface area contributed by atoms with Gasteiger partial charge in [-0.2, -0.15) is 0 Å². The standard InChI is InChI=1S/C23H36N2OS2/c26-22(9-2-1-7-20-10-13-27-28-20)25-12-5-6-17-14-18-15-19(23(17)25)16-24-11-4-3-8-21(18)24/h14,18-21,23H,1-13,15-16H2/t18-,19+,20+,21+,23-/m0/s1. The molecule has 1 amide bonds. The molecule has 5 heteroatoms. The molecular weight excluding hydrogens is 384 g/mol. The van der Waals surface area contributed by atoms with E-state index in [1.54, 1.807) is 5.57 Å². The maximum absolute atomic E-state index is 13.2. The highest BCUT2D eigenvalue weighted by atomic mass is 33.1. The summed E-state index contributed by atoms with van der Waals surface area (Å²) in [6, 6.07) is 1.23. The summed E-state index contributed by atoms with van der Waals surface area (Å²) in [5, 5.41) is 0.847. The van der Waals surface area contributed by atoms with Crippen LogP contribution >= 0.6 is 21.6 Å². The predicted molar refractivity (Wildman–Crippen MR) is 121 cm³/mol. The Morgan fingerprint density at radius 3 is 3.00 bits per heavy atom. The van der Waals surface area contributed by atoms with Crippen LogP contribution in [0.5, 0.6) is 0 Å². The summed E-state index contributed by atoms with van der Waals surface area (Å²) in [4.78, 5) is 18.3. The van der Waals surface area contributed by atoms with Crippen LogP contribution in [-0.2, 0) is 4.79 Å². The summed E-state index contributed by atoms with van der Waals surface area (Å²) in [6.45, 7) is 3.53. The van der Waals surface area contributed by atoms with Crippen molar-refractivity contribution in [1.29, 1.82) is 0 Å². The van der Waals surface area contributed by atoms with Crippen molar-refractivity contribution < 1.29 is 4.79 Å². The van der Waals surface area contributed by atoms with E-state index in [0.717, 1.165) is 36.6 Å². The van der Waals surface area contributed by atoms with Gasteiger partial charge in [-0.25, -0.2) is 0 Å². The van der Waals surface area contributed by atoms with Gasteiger partial charge in [0, 0.05) is 36.6 Å². The minimum Gasteiger partial charge on any atom is -0.336 e. The molecule has 0 aromatic heterocycles. The molecule has 4 heterocycles. The van der Waals surface area contributed by atoms with Crippen molar-refractivity contribution in [1.82, 2.24) is 9.80 Å². The van der Waals surface area contributed by atoms with Crippen molar-refractivity contribution >= 4 is 27.5 Å². The van der Waals surface area contributed by atoms with Gasteiger partial charge >= 0.3 is 0 Å². The molecule has 4 fully saturated rings. The zero-order valence-electron chi connectivity index (χ0n) is 17.2. The molecule has 0 N–H and O–H groups in total. The first-order chi connectivity index (χ1) is 13.8. The van der Waals surface area contributed by atoms with Gasteiger partial charge in [0.1, 0.15) is 0 Å². The molecule has 0 spiro atoms. The molecule has 5 atom stereocenters. The number of carbonyl (C=O) groups excluding carboxylic acids is 1. The maximum Gasteiger partial charge on any atom is 0.223 e. The molecule has 0 unspecified atom stereocenters. The van der Waals surface area contributed by atoms with E-state index in [0.29, 0.717) is 17.9 Å². The van der Waals surface area contributed by atoms with E-state index >= 15 is 0 Å². The third-order valence-electron chi connectivity index (χ3n) is 7.87. The number of rotatable bonds is 5. The Morgan fingerprint density at radius 2 is 2.11 bits per heavy atom. The van der Waals surface area contributed by atoms with E-state index < -0.39 is 0 Å². The Morgan fingerprint density at radius 1 is 1.14 bits per heavy atom. The van der Waals surface area contributed by atoms with Crippen LogP contribution in [0.4, 0.5) is 0 Å². The average molecular weight is 421 g/mol. The van der Waals surface area contributed by atoms with E-state index in [-0.39, 0.29) is 0 Å². The Kier molecular flexibility index (Phi) is 6.32. The Hall–Kier alpha value is -0.130. The van der Waals surface area contributed by atoms with Crippen LogP contribution in [0.1, 0.15) is 70.6 Å². The number of amides is 1. The lowest BCUT2D eigenvalue weighted by molar-refractivity contribution is -0.136. The second-order valence-corrected chi connectivity index (χ2v) is 12.5. The van der Waals surface area contributed by atoms with Gasteiger partial charge in [0.15, 0.2) is 0 Å². The van der Waals surface area contributed by atoms with Crippen molar-refractivity contribution in [2.24, 2.45) is 11.8 Å². The van der Waals surface area contributed by atoms with E-state index in [2.05, 4.69) is 26.7 Å². The number of piperidine rings is 3. The summed E-state index contributed by atoms with van der Waals surface area (Å²) >= 11 is 0. The van der Waals surface area contributed by atoms with Crippen molar-refractivity contribution in [2.45, 2.75) is 88.0 Å². The molecule has 4 aliphatic heterocycles. The number of unbranched alkanes of at least 4 members (excludes halogenated alkanes) is 1. The zero-order chi connectivity index (χ0) is 18.9. The zero-order valence-corrected chi connectivity index (χ0v) is 18.8. The summed E-state index contributed by atoms with van der Waals surface area (Å²) in [6.07, 6.45) is 16.3. The molecule has 0 aromatic carbocycles. The second kappa shape index (κ2) is 8.93. The van der Waals surface area contributed by atoms with Crippen LogP contribution in [0, 0.1) is 11.8 Å². The Labute approximate surface area is 178 Å². The lowest BCUT2D eigenvalue weighted by atomic mass is 9.68. The average Bonchev–Trinajstić information content (AvgIpc) is 3.24. The SMILES string of the molecule is O=C(CCCC[C@@H]1CCSS1)N1CCCC2=C[C@H]3C[C@H](CN4CCCC[C@H]34)[C@H]21. The van der Waals surface area contributed by atoms with E-state index in [1.165, 1.54) is 76.6 Å². The van der Waals surface area contributed by atoms with Gasteiger partial charge in [0.2, 0.25) is 5.91 Å². The second-order valence-electron chi connectivity index (χ2n) is 9.67. The first-order valence-corrected chi connectivity index (χ1v) is 14.2. The fourth-order valence-electron chi connectivity index (χ4n) is 6.61. The predicted octanol–water partition coefficient (Wildman–Crippen LogP) is 5.12. The highest BCUT2D eigenvalue weighted by molar-refractivity contribution is 8.77.